The second-order valence-corrected chi connectivity index (χ2v) is 6.88. The highest BCUT2D eigenvalue weighted by Gasteiger charge is 2.40. The summed E-state index contributed by atoms with van der Waals surface area (Å²) in [5, 5.41) is 10.2. The number of carbonyl (C=O) groups excluding carboxylic acids is 1. The van der Waals surface area contributed by atoms with E-state index in [-0.39, 0.29) is 12.4 Å². The number of halogens is 6. The molecule has 0 aliphatic carbocycles. The van der Waals surface area contributed by atoms with Gasteiger partial charge in [0, 0.05) is 34.9 Å². The van der Waals surface area contributed by atoms with Crippen molar-refractivity contribution in [3.05, 3.63) is 62.5 Å². The molecule has 0 aliphatic heterocycles. The minimum absolute atomic E-state index is 0.100. The quantitative estimate of drug-likeness (QED) is 0.613. The monoisotopic (exact) mass is 451 g/mol. The van der Waals surface area contributed by atoms with Crippen LogP contribution in [0, 0.1) is 0 Å². The first kappa shape index (κ1) is 20.5. The van der Waals surface area contributed by atoms with Crippen LogP contribution in [0.1, 0.15) is 21.7 Å². The van der Waals surface area contributed by atoms with Crippen molar-refractivity contribution < 1.29 is 18.0 Å². The van der Waals surface area contributed by atoms with Crippen LogP contribution in [-0.4, -0.2) is 25.5 Å². The van der Waals surface area contributed by atoms with Gasteiger partial charge >= 0.3 is 6.18 Å². The summed E-state index contributed by atoms with van der Waals surface area (Å²) in [4.78, 5) is 12.3. The molecule has 0 saturated carbocycles. The maximum atomic E-state index is 13.0. The Labute approximate surface area is 171 Å². The summed E-state index contributed by atoms with van der Waals surface area (Å²) >= 11 is 17.9. The molecule has 2 aromatic heterocycles. The zero-order valence-electron chi connectivity index (χ0n) is 14.1. The number of hydrogen-bond donors (Lipinski definition) is 1. The molecule has 6 nitrogen and oxygen atoms in total. The standard InChI is InChI=1S/C16H11Cl3F3N5O/c1-26-14(16(20,21)22)12(19)13(25-26)15(28)23-11-5-6-27(24-11)7-8-9(17)3-2-4-10(8)18/h2-6H,7H2,1H3,(H,23,24,28). The minimum atomic E-state index is -4.74. The summed E-state index contributed by atoms with van der Waals surface area (Å²) in [6.45, 7) is 0.233. The fourth-order valence-corrected chi connectivity index (χ4v) is 3.36. The van der Waals surface area contributed by atoms with Crippen LogP contribution in [0.2, 0.25) is 15.1 Å². The lowest BCUT2D eigenvalue weighted by molar-refractivity contribution is -0.143. The molecule has 0 spiro atoms. The molecule has 0 bridgehead atoms. The molecule has 0 aliphatic rings. The van der Waals surface area contributed by atoms with Crippen LogP contribution < -0.4 is 5.32 Å². The molecule has 0 unspecified atom stereocenters. The smallest absolute Gasteiger partial charge is 0.304 e. The lowest BCUT2D eigenvalue weighted by Gasteiger charge is -2.07. The van der Waals surface area contributed by atoms with Crippen LogP contribution in [-0.2, 0) is 19.8 Å². The molecule has 3 aromatic rings. The van der Waals surface area contributed by atoms with E-state index in [1.807, 2.05) is 0 Å². The number of amides is 1. The number of aryl methyl sites for hydroxylation is 1. The van der Waals surface area contributed by atoms with Gasteiger partial charge in [-0.25, -0.2) is 0 Å². The first-order chi connectivity index (χ1) is 13.1. The topological polar surface area (TPSA) is 64.7 Å². The van der Waals surface area contributed by atoms with E-state index < -0.39 is 28.5 Å². The van der Waals surface area contributed by atoms with Gasteiger partial charge in [-0.15, -0.1) is 0 Å². The molecule has 28 heavy (non-hydrogen) atoms. The van der Waals surface area contributed by atoms with Crippen LogP contribution in [0.15, 0.2) is 30.5 Å². The number of carbonyl (C=O) groups is 1. The molecule has 3 rings (SSSR count). The van der Waals surface area contributed by atoms with Crippen molar-refractivity contribution in [3.63, 3.8) is 0 Å². The predicted molar refractivity (Wildman–Crippen MR) is 99.0 cm³/mol. The van der Waals surface area contributed by atoms with Gasteiger partial charge in [-0.1, -0.05) is 40.9 Å². The first-order valence-electron chi connectivity index (χ1n) is 7.65. The van der Waals surface area contributed by atoms with Gasteiger partial charge in [0.25, 0.3) is 5.91 Å². The van der Waals surface area contributed by atoms with E-state index in [0.717, 1.165) is 7.05 Å². The van der Waals surface area contributed by atoms with Crippen molar-refractivity contribution in [1.29, 1.82) is 0 Å². The van der Waals surface area contributed by atoms with Crippen LogP contribution in [0.5, 0.6) is 0 Å². The third-order valence-corrected chi connectivity index (χ3v) is 4.80. The van der Waals surface area contributed by atoms with E-state index in [2.05, 4.69) is 15.5 Å². The fraction of sp³-hybridized carbons (Fsp3) is 0.188. The average molecular weight is 453 g/mol. The highest BCUT2D eigenvalue weighted by atomic mass is 35.5. The number of alkyl halides is 3. The van der Waals surface area contributed by atoms with Crippen molar-refractivity contribution in [2.24, 2.45) is 7.05 Å². The van der Waals surface area contributed by atoms with Crippen molar-refractivity contribution >= 4 is 46.5 Å². The van der Waals surface area contributed by atoms with E-state index in [1.165, 1.54) is 10.7 Å². The number of aromatic nitrogens is 4. The molecule has 0 fully saturated rings. The van der Waals surface area contributed by atoms with Crippen LogP contribution >= 0.6 is 34.8 Å². The van der Waals surface area contributed by atoms with Crippen LogP contribution in [0.3, 0.4) is 0 Å². The molecule has 0 saturated heterocycles. The van der Waals surface area contributed by atoms with Gasteiger partial charge in [0.1, 0.15) is 5.02 Å². The van der Waals surface area contributed by atoms with E-state index in [4.69, 9.17) is 34.8 Å². The van der Waals surface area contributed by atoms with Gasteiger partial charge in [-0.05, 0) is 12.1 Å². The maximum Gasteiger partial charge on any atom is 0.434 e. The summed E-state index contributed by atoms with van der Waals surface area (Å²) in [7, 11) is 1.05. The summed E-state index contributed by atoms with van der Waals surface area (Å²) in [6.07, 6.45) is -3.19. The lowest BCUT2D eigenvalue weighted by Crippen LogP contribution is -2.14. The van der Waals surface area contributed by atoms with Gasteiger partial charge in [0.2, 0.25) is 0 Å². The second kappa shape index (κ2) is 7.65. The Morgan fingerprint density at radius 2 is 1.79 bits per heavy atom. The van der Waals surface area contributed by atoms with Gasteiger partial charge in [-0.2, -0.15) is 23.4 Å². The Balaban J connectivity index is 1.78. The molecule has 1 amide bonds. The summed E-state index contributed by atoms with van der Waals surface area (Å²) < 4.78 is 40.9. The zero-order valence-corrected chi connectivity index (χ0v) is 16.3. The number of hydrogen-bond acceptors (Lipinski definition) is 3. The first-order valence-corrected chi connectivity index (χ1v) is 8.78. The number of anilines is 1. The SMILES string of the molecule is Cn1nc(C(=O)Nc2ccn(Cc3c(Cl)cccc3Cl)n2)c(Cl)c1C(F)(F)F. The molecule has 0 atom stereocenters. The van der Waals surface area contributed by atoms with Gasteiger partial charge in [-0.3, -0.25) is 14.2 Å². The van der Waals surface area contributed by atoms with Gasteiger partial charge in [0.15, 0.2) is 17.2 Å². The predicted octanol–water partition coefficient (Wildman–Crippen LogP) is 4.90. The molecule has 148 valence electrons. The van der Waals surface area contributed by atoms with Gasteiger partial charge < -0.3 is 5.32 Å². The third-order valence-electron chi connectivity index (χ3n) is 3.74. The number of nitrogens with one attached hydrogen (secondary N) is 1. The Bertz CT molecular complexity index is 1020. The number of benzene rings is 1. The highest BCUT2D eigenvalue weighted by Crippen LogP contribution is 2.36. The molecule has 2 heterocycles. The van der Waals surface area contributed by atoms with Crippen LogP contribution in [0.25, 0.3) is 0 Å². The van der Waals surface area contributed by atoms with Crippen molar-refractivity contribution in [2.45, 2.75) is 12.7 Å². The average Bonchev–Trinajstić information content (AvgIpc) is 3.14. The second-order valence-electron chi connectivity index (χ2n) is 5.69. The summed E-state index contributed by atoms with van der Waals surface area (Å²) in [5.41, 5.74) is -1.13. The molecular weight excluding hydrogens is 442 g/mol. The van der Waals surface area contributed by atoms with E-state index in [0.29, 0.717) is 20.3 Å². The molecular formula is C16H11Cl3F3N5O. The normalized spacial score (nSPS) is 11.7. The van der Waals surface area contributed by atoms with Crippen molar-refractivity contribution in [1.82, 2.24) is 19.6 Å². The summed E-state index contributed by atoms with van der Waals surface area (Å²) in [6, 6.07) is 6.52. The van der Waals surface area contributed by atoms with E-state index >= 15 is 0 Å². The zero-order chi connectivity index (χ0) is 20.6. The Morgan fingerprint density at radius 1 is 1.14 bits per heavy atom. The Morgan fingerprint density at radius 3 is 2.36 bits per heavy atom. The van der Waals surface area contributed by atoms with E-state index in [9.17, 15) is 18.0 Å². The number of rotatable bonds is 4. The molecule has 12 heteroatoms. The maximum absolute atomic E-state index is 13.0. The van der Waals surface area contributed by atoms with Crippen molar-refractivity contribution in [2.75, 3.05) is 5.32 Å². The van der Waals surface area contributed by atoms with E-state index in [1.54, 1.807) is 24.4 Å². The molecule has 1 aromatic carbocycles. The van der Waals surface area contributed by atoms with Crippen LogP contribution in [0.4, 0.5) is 19.0 Å². The minimum Gasteiger partial charge on any atom is -0.304 e. The van der Waals surface area contributed by atoms with Crippen molar-refractivity contribution in [3.8, 4) is 0 Å². The number of nitrogens with zero attached hydrogens (tertiary/aromatic N) is 4. The van der Waals surface area contributed by atoms with Gasteiger partial charge in [0.05, 0.1) is 6.54 Å². The fourth-order valence-electron chi connectivity index (χ4n) is 2.49. The molecule has 0 radical (unpaired) electrons. The Kier molecular flexibility index (Phi) is 5.60. The Hall–Kier alpha value is -2.23. The highest BCUT2D eigenvalue weighted by molar-refractivity contribution is 6.36. The molecule has 1 N–H and O–H groups in total. The largest absolute Gasteiger partial charge is 0.434 e. The third kappa shape index (κ3) is 4.11. The summed E-state index contributed by atoms with van der Waals surface area (Å²) in [5.74, 6) is -0.819. The lowest BCUT2D eigenvalue weighted by atomic mass is 10.2.